The first-order valence-corrected chi connectivity index (χ1v) is 8.20. The van der Waals surface area contributed by atoms with Gasteiger partial charge in [-0.3, -0.25) is 4.57 Å². The number of hydrogen-bond donors (Lipinski definition) is 1. The molecule has 2 heterocycles. The number of aryl methyl sites for hydroxylation is 1. The van der Waals surface area contributed by atoms with Gasteiger partial charge in [-0.25, -0.2) is 13.2 Å². The van der Waals surface area contributed by atoms with Crippen molar-refractivity contribution in [3.63, 3.8) is 0 Å². The van der Waals surface area contributed by atoms with Gasteiger partial charge >= 0.3 is 5.69 Å². The van der Waals surface area contributed by atoms with E-state index in [1.54, 1.807) is 4.57 Å². The molecular weight excluding hydrogens is 264 g/mol. The Morgan fingerprint density at radius 1 is 1.26 bits per heavy atom. The molecule has 0 saturated carbocycles. The molecule has 1 aliphatic heterocycles. The number of imidazole rings is 1. The Bertz CT molecular complexity index is 772. The molecule has 1 aliphatic rings. The third-order valence-electron chi connectivity index (χ3n) is 3.85. The number of para-hydroxylation sites is 1. The first kappa shape index (κ1) is 12.5. The number of nitrogens with zero attached hydrogens (tertiary/aromatic N) is 1. The number of H-pyrrole nitrogens is 1. The third kappa shape index (κ3) is 2.10. The molecule has 0 unspecified atom stereocenters. The second-order valence-corrected chi connectivity index (χ2v) is 7.46. The molecule has 1 fully saturated rings. The first-order valence-electron chi connectivity index (χ1n) is 6.38. The van der Waals surface area contributed by atoms with Crippen molar-refractivity contribution < 1.29 is 8.42 Å². The number of hydrogen-bond acceptors (Lipinski definition) is 3. The average molecular weight is 280 g/mol. The van der Waals surface area contributed by atoms with E-state index in [-0.39, 0.29) is 23.2 Å². The van der Waals surface area contributed by atoms with Crippen LogP contribution in [0.15, 0.2) is 23.0 Å². The Hall–Kier alpha value is -1.56. The zero-order chi connectivity index (χ0) is 13.6. The molecule has 0 radical (unpaired) electrons. The summed E-state index contributed by atoms with van der Waals surface area (Å²) in [5, 5.41) is 0. The van der Waals surface area contributed by atoms with Gasteiger partial charge in [-0.15, -0.1) is 0 Å². The minimum Gasteiger partial charge on any atom is -0.305 e. The number of sulfone groups is 1. The highest BCUT2D eigenvalue weighted by Gasteiger charge is 2.27. The molecule has 1 N–H and O–H groups in total. The summed E-state index contributed by atoms with van der Waals surface area (Å²) in [6, 6.07) is 5.75. The summed E-state index contributed by atoms with van der Waals surface area (Å²) < 4.78 is 24.7. The molecule has 2 aromatic rings. The molecule has 102 valence electrons. The van der Waals surface area contributed by atoms with E-state index in [0.717, 1.165) is 16.6 Å². The van der Waals surface area contributed by atoms with Crippen molar-refractivity contribution in [2.75, 3.05) is 11.5 Å². The number of nitrogens with one attached hydrogen (secondary N) is 1. The second kappa shape index (κ2) is 4.23. The van der Waals surface area contributed by atoms with Crippen LogP contribution in [0.5, 0.6) is 0 Å². The Morgan fingerprint density at radius 3 is 2.63 bits per heavy atom. The van der Waals surface area contributed by atoms with E-state index in [2.05, 4.69) is 4.98 Å². The van der Waals surface area contributed by atoms with E-state index in [0.29, 0.717) is 12.8 Å². The van der Waals surface area contributed by atoms with Crippen molar-refractivity contribution >= 4 is 20.9 Å². The van der Waals surface area contributed by atoms with E-state index >= 15 is 0 Å². The summed E-state index contributed by atoms with van der Waals surface area (Å²) in [5.41, 5.74) is 2.60. The standard InChI is InChI=1S/C13H16N2O3S/c1-9-3-2-4-11-12(9)14-13(16)15(11)10-5-7-19(17,18)8-6-10/h2-4,10H,5-8H2,1H3,(H,14,16). The summed E-state index contributed by atoms with van der Waals surface area (Å²) in [4.78, 5) is 15.0. The Kier molecular flexibility index (Phi) is 2.78. The van der Waals surface area contributed by atoms with Crippen LogP contribution in [-0.2, 0) is 9.84 Å². The van der Waals surface area contributed by atoms with Gasteiger partial charge in [0, 0.05) is 6.04 Å². The number of benzene rings is 1. The third-order valence-corrected chi connectivity index (χ3v) is 5.57. The quantitative estimate of drug-likeness (QED) is 0.858. The van der Waals surface area contributed by atoms with Gasteiger partial charge in [0.15, 0.2) is 0 Å². The van der Waals surface area contributed by atoms with Crippen LogP contribution in [0.3, 0.4) is 0 Å². The lowest BCUT2D eigenvalue weighted by Gasteiger charge is -2.23. The fourth-order valence-corrected chi connectivity index (χ4v) is 4.26. The van der Waals surface area contributed by atoms with Crippen molar-refractivity contribution in [1.29, 1.82) is 0 Å². The van der Waals surface area contributed by atoms with Crippen molar-refractivity contribution in [2.24, 2.45) is 0 Å². The van der Waals surface area contributed by atoms with Crippen molar-refractivity contribution in [3.8, 4) is 0 Å². The van der Waals surface area contributed by atoms with Gasteiger partial charge in [0.25, 0.3) is 0 Å². The molecule has 0 atom stereocenters. The van der Waals surface area contributed by atoms with E-state index in [1.165, 1.54) is 0 Å². The Morgan fingerprint density at radius 2 is 1.95 bits per heavy atom. The van der Waals surface area contributed by atoms with E-state index in [9.17, 15) is 13.2 Å². The fourth-order valence-electron chi connectivity index (χ4n) is 2.79. The monoisotopic (exact) mass is 280 g/mol. The van der Waals surface area contributed by atoms with Crippen LogP contribution in [0.25, 0.3) is 11.0 Å². The lowest BCUT2D eigenvalue weighted by atomic mass is 10.1. The van der Waals surface area contributed by atoms with Crippen LogP contribution in [0.2, 0.25) is 0 Å². The molecule has 0 spiro atoms. The molecular formula is C13H16N2O3S. The number of fused-ring (bicyclic) bond motifs is 1. The maximum absolute atomic E-state index is 12.1. The highest BCUT2D eigenvalue weighted by Crippen LogP contribution is 2.26. The minimum absolute atomic E-state index is 0.0217. The summed E-state index contributed by atoms with van der Waals surface area (Å²) in [6.45, 7) is 1.95. The second-order valence-electron chi connectivity index (χ2n) is 5.15. The molecule has 5 nitrogen and oxygen atoms in total. The maximum atomic E-state index is 12.1. The Labute approximate surface area is 111 Å². The molecule has 0 bridgehead atoms. The van der Waals surface area contributed by atoms with Gasteiger partial charge in [0.1, 0.15) is 9.84 Å². The SMILES string of the molecule is Cc1cccc2c1[nH]c(=O)n2C1CCS(=O)(=O)CC1. The highest BCUT2D eigenvalue weighted by atomic mass is 32.2. The molecule has 3 rings (SSSR count). The normalized spacial score (nSPS) is 19.8. The molecule has 1 aromatic carbocycles. The van der Waals surface area contributed by atoms with Crippen LogP contribution in [0.1, 0.15) is 24.4 Å². The van der Waals surface area contributed by atoms with Crippen LogP contribution in [-0.4, -0.2) is 29.5 Å². The maximum Gasteiger partial charge on any atom is 0.326 e. The predicted octanol–water partition coefficient (Wildman–Crippen LogP) is 1.39. The number of rotatable bonds is 1. The van der Waals surface area contributed by atoms with Gasteiger partial charge in [-0.1, -0.05) is 12.1 Å². The zero-order valence-corrected chi connectivity index (χ0v) is 11.5. The smallest absolute Gasteiger partial charge is 0.305 e. The van der Waals surface area contributed by atoms with Gasteiger partial charge < -0.3 is 4.98 Å². The molecule has 19 heavy (non-hydrogen) atoms. The molecule has 1 saturated heterocycles. The number of aromatic nitrogens is 2. The largest absolute Gasteiger partial charge is 0.326 e. The topological polar surface area (TPSA) is 71.9 Å². The predicted molar refractivity (Wildman–Crippen MR) is 74.2 cm³/mol. The van der Waals surface area contributed by atoms with Crippen LogP contribution < -0.4 is 5.69 Å². The van der Waals surface area contributed by atoms with Crippen molar-refractivity contribution in [3.05, 3.63) is 34.2 Å². The van der Waals surface area contributed by atoms with Crippen LogP contribution in [0.4, 0.5) is 0 Å². The van der Waals surface area contributed by atoms with E-state index in [4.69, 9.17) is 0 Å². The lowest BCUT2D eigenvalue weighted by molar-refractivity contribution is 0.450. The van der Waals surface area contributed by atoms with Crippen molar-refractivity contribution in [1.82, 2.24) is 9.55 Å². The summed E-state index contributed by atoms with van der Waals surface area (Å²) in [5.74, 6) is 0.338. The van der Waals surface area contributed by atoms with Gasteiger partial charge in [-0.05, 0) is 31.4 Å². The average Bonchev–Trinajstić information content (AvgIpc) is 2.68. The Balaban J connectivity index is 2.09. The summed E-state index contributed by atoms with van der Waals surface area (Å²) >= 11 is 0. The molecule has 0 amide bonds. The summed E-state index contributed by atoms with van der Waals surface area (Å²) in [6.07, 6.45) is 1.03. The van der Waals surface area contributed by atoms with Crippen LogP contribution >= 0.6 is 0 Å². The van der Waals surface area contributed by atoms with Gasteiger partial charge in [-0.2, -0.15) is 0 Å². The number of aromatic amines is 1. The lowest BCUT2D eigenvalue weighted by Crippen LogP contribution is -2.30. The molecule has 6 heteroatoms. The van der Waals surface area contributed by atoms with Crippen LogP contribution in [0, 0.1) is 6.92 Å². The fraction of sp³-hybridized carbons (Fsp3) is 0.462. The van der Waals surface area contributed by atoms with E-state index in [1.807, 2.05) is 25.1 Å². The molecule has 1 aromatic heterocycles. The molecule has 0 aliphatic carbocycles. The van der Waals surface area contributed by atoms with E-state index < -0.39 is 9.84 Å². The minimum atomic E-state index is -2.91. The zero-order valence-electron chi connectivity index (χ0n) is 10.7. The summed E-state index contributed by atoms with van der Waals surface area (Å²) in [7, 11) is -2.91. The highest BCUT2D eigenvalue weighted by molar-refractivity contribution is 7.91. The van der Waals surface area contributed by atoms with Crippen molar-refractivity contribution in [2.45, 2.75) is 25.8 Å². The first-order chi connectivity index (χ1) is 8.98. The van der Waals surface area contributed by atoms with Gasteiger partial charge in [0.2, 0.25) is 0 Å². The van der Waals surface area contributed by atoms with Gasteiger partial charge in [0.05, 0.1) is 22.5 Å².